The first-order valence-electron chi connectivity index (χ1n) is 7.66. The van der Waals surface area contributed by atoms with Crippen LogP contribution in [0, 0.1) is 5.82 Å². The summed E-state index contributed by atoms with van der Waals surface area (Å²) in [5.74, 6) is -0.341. The zero-order chi connectivity index (χ0) is 16.7. The molecule has 4 nitrogen and oxygen atoms in total. The minimum atomic E-state index is -0.505. The number of halogens is 1. The molecule has 0 saturated heterocycles. The molecule has 0 spiro atoms. The third kappa shape index (κ3) is 5.38. The standard InChI is InChI=1S/C18H22FN3O/c1-13(20)18(23)22-12-14-6-8-16(9-7-14)21-11-10-15-4-2-3-5-17(15)19/h2-9,13,21H,10-12,20H2,1H3,(H,22,23). The van der Waals surface area contributed by atoms with E-state index < -0.39 is 6.04 Å². The van der Waals surface area contributed by atoms with E-state index in [2.05, 4.69) is 10.6 Å². The van der Waals surface area contributed by atoms with Crippen molar-refractivity contribution in [2.75, 3.05) is 11.9 Å². The van der Waals surface area contributed by atoms with Gasteiger partial charge in [-0.3, -0.25) is 4.79 Å². The highest BCUT2D eigenvalue weighted by Crippen LogP contribution is 2.11. The van der Waals surface area contributed by atoms with Crippen LogP contribution in [-0.2, 0) is 17.8 Å². The first kappa shape index (κ1) is 17.0. The Morgan fingerprint density at radius 2 is 1.87 bits per heavy atom. The number of hydrogen-bond donors (Lipinski definition) is 3. The van der Waals surface area contributed by atoms with E-state index in [9.17, 15) is 9.18 Å². The molecule has 0 fully saturated rings. The van der Waals surface area contributed by atoms with Gasteiger partial charge in [0.2, 0.25) is 5.91 Å². The summed E-state index contributed by atoms with van der Waals surface area (Å²) in [4.78, 5) is 11.4. The van der Waals surface area contributed by atoms with Crippen LogP contribution in [0.5, 0.6) is 0 Å². The van der Waals surface area contributed by atoms with E-state index >= 15 is 0 Å². The Kier molecular flexibility index (Phi) is 6.11. The van der Waals surface area contributed by atoms with Crippen molar-refractivity contribution < 1.29 is 9.18 Å². The number of nitrogens with one attached hydrogen (secondary N) is 2. The molecule has 0 radical (unpaired) electrons. The zero-order valence-corrected chi connectivity index (χ0v) is 13.2. The molecule has 0 saturated carbocycles. The summed E-state index contributed by atoms with van der Waals surface area (Å²) in [5.41, 5.74) is 8.15. The van der Waals surface area contributed by atoms with Gasteiger partial charge in [0, 0.05) is 18.8 Å². The molecule has 1 atom stereocenters. The van der Waals surface area contributed by atoms with Crippen LogP contribution in [0.15, 0.2) is 48.5 Å². The van der Waals surface area contributed by atoms with Crippen LogP contribution < -0.4 is 16.4 Å². The third-order valence-corrected chi connectivity index (χ3v) is 3.52. The number of anilines is 1. The fourth-order valence-corrected chi connectivity index (χ4v) is 2.13. The second-order valence-electron chi connectivity index (χ2n) is 5.47. The summed E-state index contributed by atoms with van der Waals surface area (Å²) in [6.45, 7) is 2.76. The fraction of sp³-hybridized carbons (Fsp3) is 0.278. The lowest BCUT2D eigenvalue weighted by molar-refractivity contribution is -0.122. The van der Waals surface area contributed by atoms with E-state index in [1.807, 2.05) is 30.3 Å². The quantitative estimate of drug-likeness (QED) is 0.735. The summed E-state index contributed by atoms with van der Waals surface area (Å²) in [5, 5.41) is 6.02. The average molecular weight is 315 g/mol. The summed E-state index contributed by atoms with van der Waals surface area (Å²) < 4.78 is 13.5. The van der Waals surface area contributed by atoms with Gasteiger partial charge in [0.15, 0.2) is 0 Å². The Hall–Kier alpha value is -2.40. The number of carbonyl (C=O) groups is 1. The number of nitrogens with two attached hydrogens (primary N) is 1. The number of amides is 1. The molecule has 0 heterocycles. The highest BCUT2D eigenvalue weighted by atomic mass is 19.1. The fourth-order valence-electron chi connectivity index (χ4n) is 2.13. The molecule has 122 valence electrons. The van der Waals surface area contributed by atoms with E-state index in [4.69, 9.17) is 5.73 Å². The number of hydrogen-bond acceptors (Lipinski definition) is 3. The van der Waals surface area contributed by atoms with Crippen molar-refractivity contribution in [3.8, 4) is 0 Å². The van der Waals surface area contributed by atoms with Gasteiger partial charge in [-0.2, -0.15) is 0 Å². The molecule has 4 N–H and O–H groups in total. The van der Waals surface area contributed by atoms with Gasteiger partial charge in [0.05, 0.1) is 6.04 Å². The Labute approximate surface area is 135 Å². The lowest BCUT2D eigenvalue weighted by Crippen LogP contribution is -2.37. The predicted octanol–water partition coefficient (Wildman–Crippen LogP) is 2.44. The lowest BCUT2D eigenvalue weighted by Gasteiger charge is -2.10. The maximum absolute atomic E-state index is 13.5. The van der Waals surface area contributed by atoms with Crippen LogP contribution in [0.25, 0.3) is 0 Å². The normalized spacial score (nSPS) is 11.8. The number of rotatable bonds is 7. The average Bonchev–Trinajstić information content (AvgIpc) is 2.55. The first-order chi connectivity index (χ1) is 11.1. The minimum Gasteiger partial charge on any atom is -0.385 e. The Bertz CT molecular complexity index is 641. The van der Waals surface area contributed by atoms with Gasteiger partial charge in [-0.1, -0.05) is 30.3 Å². The number of benzene rings is 2. The zero-order valence-electron chi connectivity index (χ0n) is 13.2. The van der Waals surface area contributed by atoms with Gasteiger partial charge < -0.3 is 16.4 Å². The molecule has 0 aromatic heterocycles. The van der Waals surface area contributed by atoms with Crippen LogP contribution >= 0.6 is 0 Å². The lowest BCUT2D eigenvalue weighted by atomic mass is 10.1. The highest BCUT2D eigenvalue weighted by molar-refractivity contribution is 5.80. The predicted molar refractivity (Wildman–Crippen MR) is 90.5 cm³/mol. The molecule has 5 heteroatoms. The Balaban J connectivity index is 1.79. The second kappa shape index (κ2) is 8.29. The Morgan fingerprint density at radius 3 is 2.52 bits per heavy atom. The van der Waals surface area contributed by atoms with Gasteiger partial charge in [0.1, 0.15) is 5.82 Å². The van der Waals surface area contributed by atoms with Crippen LogP contribution in [-0.4, -0.2) is 18.5 Å². The van der Waals surface area contributed by atoms with E-state index in [0.29, 0.717) is 25.1 Å². The largest absolute Gasteiger partial charge is 0.385 e. The van der Waals surface area contributed by atoms with E-state index in [0.717, 1.165) is 11.3 Å². The molecule has 23 heavy (non-hydrogen) atoms. The van der Waals surface area contributed by atoms with Gasteiger partial charge in [-0.15, -0.1) is 0 Å². The molecule has 0 bridgehead atoms. The summed E-state index contributed by atoms with van der Waals surface area (Å²) in [6, 6.07) is 14.0. The van der Waals surface area contributed by atoms with Crippen molar-refractivity contribution in [3.63, 3.8) is 0 Å². The monoisotopic (exact) mass is 315 g/mol. The van der Waals surface area contributed by atoms with Crippen molar-refractivity contribution in [1.82, 2.24) is 5.32 Å². The van der Waals surface area contributed by atoms with Crippen molar-refractivity contribution in [2.45, 2.75) is 25.9 Å². The van der Waals surface area contributed by atoms with Gasteiger partial charge in [-0.05, 0) is 42.7 Å². The van der Waals surface area contributed by atoms with Crippen LogP contribution in [0.4, 0.5) is 10.1 Å². The SMILES string of the molecule is CC(N)C(=O)NCc1ccc(NCCc2ccccc2F)cc1. The minimum absolute atomic E-state index is 0.169. The highest BCUT2D eigenvalue weighted by Gasteiger charge is 2.06. The third-order valence-electron chi connectivity index (χ3n) is 3.52. The smallest absolute Gasteiger partial charge is 0.236 e. The van der Waals surface area contributed by atoms with Crippen molar-refractivity contribution in [2.24, 2.45) is 5.73 Å². The van der Waals surface area contributed by atoms with E-state index in [1.54, 1.807) is 19.1 Å². The molecule has 0 aliphatic carbocycles. The van der Waals surface area contributed by atoms with Crippen LogP contribution in [0.2, 0.25) is 0 Å². The molecule has 2 rings (SSSR count). The summed E-state index contributed by atoms with van der Waals surface area (Å²) >= 11 is 0. The number of carbonyl (C=O) groups excluding carboxylic acids is 1. The van der Waals surface area contributed by atoms with Gasteiger partial charge in [0.25, 0.3) is 0 Å². The maximum Gasteiger partial charge on any atom is 0.236 e. The van der Waals surface area contributed by atoms with Gasteiger partial charge >= 0.3 is 0 Å². The second-order valence-corrected chi connectivity index (χ2v) is 5.47. The molecule has 2 aromatic carbocycles. The molecule has 1 amide bonds. The van der Waals surface area contributed by atoms with Crippen molar-refractivity contribution in [1.29, 1.82) is 0 Å². The molecule has 0 aliphatic rings. The molecule has 1 unspecified atom stereocenters. The topological polar surface area (TPSA) is 67.2 Å². The molecular weight excluding hydrogens is 293 g/mol. The van der Waals surface area contributed by atoms with Crippen LogP contribution in [0.1, 0.15) is 18.1 Å². The van der Waals surface area contributed by atoms with E-state index in [1.165, 1.54) is 6.07 Å². The van der Waals surface area contributed by atoms with Crippen LogP contribution in [0.3, 0.4) is 0 Å². The maximum atomic E-state index is 13.5. The summed E-state index contributed by atoms with van der Waals surface area (Å²) in [7, 11) is 0. The van der Waals surface area contributed by atoms with E-state index in [-0.39, 0.29) is 11.7 Å². The Morgan fingerprint density at radius 1 is 1.17 bits per heavy atom. The molecule has 0 aliphatic heterocycles. The molecule has 2 aromatic rings. The van der Waals surface area contributed by atoms with Crippen molar-refractivity contribution in [3.05, 3.63) is 65.5 Å². The van der Waals surface area contributed by atoms with Crippen molar-refractivity contribution >= 4 is 11.6 Å². The summed E-state index contributed by atoms with van der Waals surface area (Å²) in [6.07, 6.45) is 0.624. The van der Waals surface area contributed by atoms with Gasteiger partial charge in [-0.25, -0.2) is 4.39 Å². The molecular formula is C18H22FN3O. The first-order valence-corrected chi connectivity index (χ1v) is 7.66.